The summed E-state index contributed by atoms with van der Waals surface area (Å²) in [5.41, 5.74) is -0.0495. The molecule has 1 atom stereocenters. The van der Waals surface area contributed by atoms with Gasteiger partial charge in [-0.15, -0.1) is 0 Å². The second-order valence-corrected chi connectivity index (χ2v) is 3.89. The van der Waals surface area contributed by atoms with E-state index in [1.54, 1.807) is 13.2 Å². The van der Waals surface area contributed by atoms with Crippen LogP contribution in [-0.2, 0) is 9.53 Å². The minimum atomic E-state index is -1.15. The smallest absolute Gasteiger partial charge is 0.325 e. The topological polar surface area (TPSA) is 102 Å². The molecule has 0 saturated carbocycles. The number of benzene rings is 1. The Labute approximate surface area is 110 Å². The average molecular weight is 268 g/mol. The third-order valence-corrected chi connectivity index (χ3v) is 2.57. The van der Waals surface area contributed by atoms with E-state index in [9.17, 15) is 20.0 Å². The molecule has 0 spiro atoms. The molecule has 104 valence electrons. The maximum Gasteiger partial charge on any atom is 0.325 e. The van der Waals surface area contributed by atoms with Gasteiger partial charge in [0.15, 0.2) is 0 Å². The molecule has 0 aliphatic rings. The fourth-order valence-corrected chi connectivity index (χ4v) is 1.69. The summed E-state index contributed by atoms with van der Waals surface area (Å²) >= 11 is 0. The number of nitrogens with one attached hydrogen (secondary N) is 1. The third kappa shape index (κ3) is 4.31. The lowest BCUT2D eigenvalue weighted by molar-refractivity contribution is -0.385. The second-order valence-electron chi connectivity index (χ2n) is 3.89. The maximum absolute atomic E-state index is 11.2. The van der Waals surface area contributed by atoms with Gasteiger partial charge in [0.1, 0.15) is 6.04 Å². The summed E-state index contributed by atoms with van der Waals surface area (Å²) in [6.07, 6.45) is 0.626. The first-order chi connectivity index (χ1) is 9.07. The Kier molecular flexibility index (Phi) is 5.91. The van der Waals surface area contributed by atoms with Crippen LogP contribution in [0.15, 0.2) is 24.3 Å². The van der Waals surface area contributed by atoms with E-state index in [0.717, 1.165) is 0 Å². The van der Waals surface area contributed by atoms with Crippen LogP contribution in [0.4, 0.5) is 5.69 Å². The first-order valence-corrected chi connectivity index (χ1v) is 5.76. The maximum atomic E-state index is 11.2. The first-order valence-electron chi connectivity index (χ1n) is 5.76. The lowest BCUT2D eigenvalue weighted by atomic mass is 10.0. The Morgan fingerprint density at radius 1 is 1.53 bits per heavy atom. The number of rotatable bonds is 8. The summed E-state index contributed by atoms with van der Waals surface area (Å²) in [5.74, 6) is -1.15. The lowest BCUT2D eigenvalue weighted by Gasteiger charge is -2.14. The summed E-state index contributed by atoms with van der Waals surface area (Å²) in [4.78, 5) is 21.5. The fraction of sp³-hybridized carbons (Fsp3) is 0.417. The monoisotopic (exact) mass is 268 g/mol. The molecule has 2 N–H and O–H groups in total. The highest BCUT2D eigenvalue weighted by molar-refractivity contribution is 5.77. The van der Waals surface area contributed by atoms with E-state index in [1.165, 1.54) is 18.2 Å². The van der Waals surface area contributed by atoms with Gasteiger partial charge in [0, 0.05) is 19.8 Å². The van der Waals surface area contributed by atoms with E-state index >= 15 is 0 Å². The molecule has 19 heavy (non-hydrogen) atoms. The van der Waals surface area contributed by atoms with Crippen molar-refractivity contribution in [1.82, 2.24) is 5.32 Å². The molecule has 0 radical (unpaired) electrons. The van der Waals surface area contributed by atoms with Crippen LogP contribution in [0, 0.1) is 10.1 Å². The van der Waals surface area contributed by atoms with Gasteiger partial charge >= 0.3 is 5.97 Å². The number of ether oxygens (including phenoxy) is 1. The van der Waals surface area contributed by atoms with Crippen molar-refractivity contribution in [1.29, 1.82) is 0 Å². The van der Waals surface area contributed by atoms with E-state index in [0.29, 0.717) is 19.6 Å². The summed E-state index contributed by atoms with van der Waals surface area (Å²) in [5, 5.41) is 22.8. The highest BCUT2D eigenvalue weighted by atomic mass is 16.6. The van der Waals surface area contributed by atoms with Gasteiger partial charge in [-0.3, -0.25) is 14.9 Å². The number of carboxylic acid groups (broad SMARTS) is 1. The molecule has 1 unspecified atom stereocenters. The number of hydrogen-bond donors (Lipinski definition) is 2. The molecule has 0 saturated heterocycles. The Balaban J connectivity index is 2.87. The van der Waals surface area contributed by atoms with E-state index in [1.807, 2.05) is 0 Å². The zero-order chi connectivity index (χ0) is 14.3. The predicted octanol–water partition coefficient (Wildman–Crippen LogP) is 1.35. The number of nitrogens with zero attached hydrogens (tertiary/aromatic N) is 1. The van der Waals surface area contributed by atoms with Crippen LogP contribution < -0.4 is 5.32 Å². The van der Waals surface area contributed by atoms with Crippen LogP contribution in [0.5, 0.6) is 0 Å². The van der Waals surface area contributed by atoms with Crippen LogP contribution >= 0.6 is 0 Å². The number of hydrogen-bond acceptors (Lipinski definition) is 5. The molecule has 7 heteroatoms. The van der Waals surface area contributed by atoms with Crippen molar-refractivity contribution in [3.8, 4) is 0 Å². The third-order valence-electron chi connectivity index (χ3n) is 2.57. The van der Waals surface area contributed by atoms with Gasteiger partial charge in [-0.1, -0.05) is 12.1 Å². The quantitative estimate of drug-likeness (QED) is 0.419. The fourth-order valence-electron chi connectivity index (χ4n) is 1.69. The Hall–Kier alpha value is -1.99. The molecule has 7 nitrogen and oxygen atoms in total. The van der Waals surface area contributed by atoms with Crippen molar-refractivity contribution in [2.24, 2.45) is 0 Å². The summed E-state index contributed by atoms with van der Waals surface area (Å²) in [6.45, 7) is 0.896. The van der Waals surface area contributed by atoms with E-state index < -0.39 is 16.9 Å². The van der Waals surface area contributed by atoms with E-state index in [-0.39, 0.29) is 11.3 Å². The molecule has 0 amide bonds. The van der Waals surface area contributed by atoms with Crippen molar-refractivity contribution < 1.29 is 19.6 Å². The number of carboxylic acids is 1. The van der Waals surface area contributed by atoms with Crippen LogP contribution in [0.3, 0.4) is 0 Å². The van der Waals surface area contributed by atoms with Gasteiger partial charge in [-0.2, -0.15) is 0 Å². The van der Waals surface area contributed by atoms with Gasteiger partial charge in [0.2, 0.25) is 0 Å². The van der Waals surface area contributed by atoms with Gasteiger partial charge in [0.25, 0.3) is 5.69 Å². The van der Waals surface area contributed by atoms with Gasteiger partial charge in [-0.05, 0) is 19.0 Å². The van der Waals surface area contributed by atoms with Gasteiger partial charge in [0.05, 0.1) is 10.5 Å². The van der Waals surface area contributed by atoms with Crippen LogP contribution in [0.25, 0.3) is 0 Å². The van der Waals surface area contributed by atoms with Crippen molar-refractivity contribution in [2.75, 3.05) is 20.3 Å². The number of aliphatic carboxylic acids is 1. The average Bonchev–Trinajstić information content (AvgIpc) is 2.38. The Bertz CT molecular complexity index is 450. The number of carbonyl (C=O) groups is 1. The largest absolute Gasteiger partial charge is 0.480 e. The van der Waals surface area contributed by atoms with Gasteiger partial charge < -0.3 is 15.2 Å². The molecular formula is C12H16N2O5. The molecular weight excluding hydrogens is 252 g/mol. The normalized spacial score (nSPS) is 12.1. The highest BCUT2D eigenvalue weighted by Gasteiger charge is 2.26. The first kappa shape index (κ1) is 15.1. The standard InChI is InChI=1S/C12H16N2O5/c1-19-8-4-7-13-11(12(15)16)9-5-2-3-6-10(9)14(17)18/h2-3,5-6,11,13H,4,7-8H2,1H3,(H,15,16). The van der Waals surface area contributed by atoms with Crippen molar-refractivity contribution in [2.45, 2.75) is 12.5 Å². The van der Waals surface area contributed by atoms with Crippen molar-refractivity contribution in [3.63, 3.8) is 0 Å². The summed E-state index contributed by atoms with van der Waals surface area (Å²) in [6, 6.07) is 4.72. The summed E-state index contributed by atoms with van der Waals surface area (Å²) < 4.78 is 4.86. The molecule has 0 aromatic heterocycles. The van der Waals surface area contributed by atoms with Gasteiger partial charge in [-0.25, -0.2) is 0 Å². The van der Waals surface area contributed by atoms with Crippen LogP contribution in [0.1, 0.15) is 18.0 Å². The molecule has 0 fully saturated rings. The van der Waals surface area contributed by atoms with E-state index in [2.05, 4.69) is 5.32 Å². The number of methoxy groups -OCH3 is 1. The molecule has 0 bridgehead atoms. The zero-order valence-electron chi connectivity index (χ0n) is 10.5. The SMILES string of the molecule is COCCCNC(C(=O)O)c1ccccc1[N+](=O)[O-]. The zero-order valence-corrected chi connectivity index (χ0v) is 10.5. The molecule has 1 aromatic rings. The number of nitro benzene ring substituents is 1. The molecule has 1 rings (SSSR count). The summed E-state index contributed by atoms with van der Waals surface area (Å²) in [7, 11) is 1.55. The van der Waals surface area contributed by atoms with Crippen LogP contribution in [0.2, 0.25) is 0 Å². The predicted molar refractivity (Wildman–Crippen MR) is 68.0 cm³/mol. The molecule has 0 heterocycles. The minimum absolute atomic E-state index is 0.150. The molecule has 0 aliphatic heterocycles. The molecule has 1 aromatic carbocycles. The van der Waals surface area contributed by atoms with Crippen molar-refractivity contribution >= 4 is 11.7 Å². The van der Waals surface area contributed by atoms with Crippen molar-refractivity contribution in [3.05, 3.63) is 39.9 Å². The van der Waals surface area contributed by atoms with Crippen LogP contribution in [-0.4, -0.2) is 36.3 Å². The van der Waals surface area contributed by atoms with E-state index in [4.69, 9.17) is 4.74 Å². The highest BCUT2D eigenvalue weighted by Crippen LogP contribution is 2.24. The molecule has 0 aliphatic carbocycles. The number of para-hydroxylation sites is 1. The minimum Gasteiger partial charge on any atom is -0.480 e. The Morgan fingerprint density at radius 2 is 2.21 bits per heavy atom. The lowest BCUT2D eigenvalue weighted by Crippen LogP contribution is -2.30. The second kappa shape index (κ2) is 7.45. The Morgan fingerprint density at radius 3 is 2.79 bits per heavy atom. The number of nitro groups is 1.